The number of benzene rings is 1. The van der Waals surface area contributed by atoms with E-state index in [1.807, 2.05) is 4.90 Å². The Labute approximate surface area is 156 Å². The SMILES string of the molecule is CC(=O)NCC(=O)N1C2CC[C@H]1CC(C(N)Cc1cc(F)c(F)cc1F)C2. The molecule has 0 radical (unpaired) electrons. The number of nitrogens with two attached hydrogens (primary N) is 1. The molecule has 0 saturated carbocycles. The van der Waals surface area contributed by atoms with Crippen LogP contribution in [-0.4, -0.2) is 41.4 Å². The van der Waals surface area contributed by atoms with Crippen LogP contribution in [-0.2, 0) is 16.0 Å². The molecule has 2 saturated heterocycles. The minimum atomic E-state index is -1.21. The first kappa shape index (κ1) is 19.7. The fourth-order valence-corrected chi connectivity index (χ4v) is 4.41. The van der Waals surface area contributed by atoms with Gasteiger partial charge in [0.2, 0.25) is 11.8 Å². The van der Waals surface area contributed by atoms with Crippen LogP contribution in [0.5, 0.6) is 0 Å². The Balaban J connectivity index is 1.63. The summed E-state index contributed by atoms with van der Waals surface area (Å²) in [4.78, 5) is 25.3. The van der Waals surface area contributed by atoms with Gasteiger partial charge in [-0.3, -0.25) is 9.59 Å². The summed E-state index contributed by atoms with van der Waals surface area (Å²) < 4.78 is 40.4. The van der Waals surface area contributed by atoms with E-state index >= 15 is 0 Å². The van der Waals surface area contributed by atoms with Gasteiger partial charge in [-0.1, -0.05) is 0 Å². The van der Waals surface area contributed by atoms with Gasteiger partial charge in [0.1, 0.15) is 5.82 Å². The first-order valence-corrected chi connectivity index (χ1v) is 9.20. The molecular weight excluding hydrogens is 359 g/mol. The molecule has 2 heterocycles. The molecule has 1 aromatic carbocycles. The van der Waals surface area contributed by atoms with Crippen molar-refractivity contribution >= 4 is 11.8 Å². The molecule has 4 atom stereocenters. The lowest BCUT2D eigenvalue weighted by molar-refractivity contribution is -0.137. The van der Waals surface area contributed by atoms with Crippen molar-refractivity contribution in [1.82, 2.24) is 10.2 Å². The van der Waals surface area contributed by atoms with Crippen molar-refractivity contribution in [1.29, 1.82) is 0 Å². The van der Waals surface area contributed by atoms with Crippen molar-refractivity contribution < 1.29 is 22.8 Å². The maximum atomic E-state index is 13.9. The first-order valence-electron chi connectivity index (χ1n) is 9.20. The Kier molecular flexibility index (Phi) is 5.74. The molecule has 0 aliphatic carbocycles. The summed E-state index contributed by atoms with van der Waals surface area (Å²) in [7, 11) is 0. The van der Waals surface area contributed by atoms with Gasteiger partial charge in [-0.25, -0.2) is 13.2 Å². The highest BCUT2D eigenvalue weighted by Crippen LogP contribution is 2.40. The van der Waals surface area contributed by atoms with E-state index in [9.17, 15) is 22.8 Å². The zero-order valence-electron chi connectivity index (χ0n) is 15.2. The van der Waals surface area contributed by atoms with Crippen molar-refractivity contribution in [3.63, 3.8) is 0 Å². The largest absolute Gasteiger partial charge is 0.347 e. The zero-order valence-corrected chi connectivity index (χ0v) is 15.2. The number of piperidine rings is 1. The molecule has 8 heteroatoms. The van der Waals surface area contributed by atoms with Gasteiger partial charge in [-0.2, -0.15) is 0 Å². The Morgan fingerprint density at radius 1 is 1.15 bits per heavy atom. The second-order valence-corrected chi connectivity index (χ2v) is 7.55. The summed E-state index contributed by atoms with van der Waals surface area (Å²) in [6, 6.07) is 1.11. The van der Waals surface area contributed by atoms with Crippen LogP contribution in [0.4, 0.5) is 13.2 Å². The monoisotopic (exact) mass is 383 g/mol. The number of carbonyl (C=O) groups is 2. The second kappa shape index (κ2) is 7.88. The third-order valence-electron chi connectivity index (χ3n) is 5.70. The molecule has 0 spiro atoms. The molecule has 3 unspecified atom stereocenters. The van der Waals surface area contributed by atoms with Gasteiger partial charge in [-0.15, -0.1) is 0 Å². The lowest BCUT2D eigenvalue weighted by atomic mass is 9.82. The highest BCUT2D eigenvalue weighted by molar-refractivity contribution is 5.84. The van der Waals surface area contributed by atoms with Crippen molar-refractivity contribution in [2.24, 2.45) is 11.7 Å². The Morgan fingerprint density at radius 2 is 1.74 bits per heavy atom. The normalized spacial score (nSPS) is 25.4. The Morgan fingerprint density at radius 3 is 2.33 bits per heavy atom. The first-order chi connectivity index (χ1) is 12.8. The molecule has 2 amide bonds. The number of hydrogen-bond acceptors (Lipinski definition) is 3. The van der Waals surface area contributed by atoms with Crippen molar-refractivity contribution in [2.45, 2.75) is 57.2 Å². The van der Waals surface area contributed by atoms with Gasteiger partial charge in [0, 0.05) is 31.1 Å². The topological polar surface area (TPSA) is 75.4 Å². The summed E-state index contributed by atoms with van der Waals surface area (Å²) in [5, 5.41) is 2.53. The predicted octanol–water partition coefficient (Wildman–Crippen LogP) is 1.88. The fourth-order valence-electron chi connectivity index (χ4n) is 4.41. The molecule has 2 bridgehead atoms. The van der Waals surface area contributed by atoms with Gasteiger partial charge < -0.3 is 16.0 Å². The Hall–Kier alpha value is -2.09. The molecule has 2 aliphatic heterocycles. The number of amides is 2. The summed E-state index contributed by atoms with van der Waals surface area (Å²) >= 11 is 0. The third-order valence-corrected chi connectivity index (χ3v) is 5.70. The average Bonchev–Trinajstić information content (AvgIpc) is 2.87. The van der Waals surface area contributed by atoms with E-state index in [-0.39, 0.29) is 48.3 Å². The predicted molar refractivity (Wildman–Crippen MR) is 93.1 cm³/mol. The maximum absolute atomic E-state index is 13.9. The maximum Gasteiger partial charge on any atom is 0.242 e. The van der Waals surface area contributed by atoms with Crippen molar-refractivity contribution in [2.75, 3.05) is 6.54 Å². The fraction of sp³-hybridized carbons (Fsp3) is 0.579. The van der Waals surface area contributed by atoms with E-state index in [1.165, 1.54) is 6.92 Å². The number of carbonyl (C=O) groups excluding carboxylic acids is 2. The van der Waals surface area contributed by atoms with Gasteiger partial charge in [0.05, 0.1) is 6.54 Å². The molecule has 2 fully saturated rings. The van der Waals surface area contributed by atoms with Crippen molar-refractivity contribution in [3.05, 3.63) is 35.1 Å². The van der Waals surface area contributed by atoms with E-state index in [0.29, 0.717) is 18.9 Å². The minimum Gasteiger partial charge on any atom is -0.347 e. The number of halogens is 3. The molecule has 2 aliphatic rings. The van der Waals surface area contributed by atoms with E-state index in [2.05, 4.69) is 5.32 Å². The molecule has 3 rings (SSSR count). The smallest absolute Gasteiger partial charge is 0.242 e. The Bertz CT molecular complexity index is 729. The second-order valence-electron chi connectivity index (χ2n) is 7.55. The van der Waals surface area contributed by atoms with E-state index in [0.717, 1.165) is 18.9 Å². The average molecular weight is 383 g/mol. The van der Waals surface area contributed by atoms with Gasteiger partial charge in [0.15, 0.2) is 11.6 Å². The summed E-state index contributed by atoms with van der Waals surface area (Å²) in [5.41, 5.74) is 6.33. The van der Waals surface area contributed by atoms with Crippen LogP contribution >= 0.6 is 0 Å². The molecule has 3 N–H and O–H groups in total. The lowest BCUT2D eigenvalue weighted by Crippen LogP contribution is -2.52. The lowest BCUT2D eigenvalue weighted by Gasteiger charge is -2.41. The summed E-state index contributed by atoms with van der Waals surface area (Å²) in [6.45, 7) is 1.35. The van der Waals surface area contributed by atoms with Crippen LogP contribution in [0.15, 0.2) is 12.1 Å². The van der Waals surface area contributed by atoms with E-state index in [1.54, 1.807) is 0 Å². The number of nitrogens with zero attached hydrogens (tertiary/aromatic N) is 1. The van der Waals surface area contributed by atoms with Crippen LogP contribution in [0.1, 0.15) is 38.2 Å². The molecule has 5 nitrogen and oxygen atoms in total. The van der Waals surface area contributed by atoms with Gasteiger partial charge in [0.25, 0.3) is 0 Å². The zero-order chi connectivity index (χ0) is 19.7. The van der Waals surface area contributed by atoms with Crippen LogP contribution in [0.2, 0.25) is 0 Å². The highest BCUT2D eigenvalue weighted by atomic mass is 19.2. The minimum absolute atomic E-state index is 0.0148. The van der Waals surface area contributed by atoms with E-state index in [4.69, 9.17) is 5.73 Å². The summed E-state index contributed by atoms with van der Waals surface area (Å²) in [5.74, 6) is -3.38. The van der Waals surface area contributed by atoms with Gasteiger partial charge in [-0.05, 0) is 49.7 Å². The standard InChI is InChI=1S/C19H24F3N3O2/c1-10(26)24-9-19(27)25-13-2-3-14(25)5-12(4-13)18(23)7-11-6-16(21)17(22)8-15(11)20/h6,8,12-14,18H,2-5,7,9,23H2,1H3,(H,24,26)/t12?,13-,14?,18?/m0/s1. The molecule has 1 aromatic rings. The molecular formula is C19H24F3N3O2. The number of nitrogens with one attached hydrogen (secondary N) is 1. The summed E-state index contributed by atoms with van der Waals surface area (Å²) in [6.07, 6.45) is 3.25. The quantitative estimate of drug-likeness (QED) is 0.763. The van der Waals surface area contributed by atoms with Crippen LogP contribution < -0.4 is 11.1 Å². The highest BCUT2D eigenvalue weighted by Gasteiger charge is 2.44. The third kappa shape index (κ3) is 4.26. The van der Waals surface area contributed by atoms with Crippen LogP contribution in [0, 0.1) is 23.4 Å². The van der Waals surface area contributed by atoms with Crippen LogP contribution in [0.3, 0.4) is 0 Å². The number of rotatable bonds is 5. The molecule has 148 valence electrons. The van der Waals surface area contributed by atoms with Crippen LogP contribution in [0.25, 0.3) is 0 Å². The number of hydrogen-bond donors (Lipinski definition) is 2. The molecule has 27 heavy (non-hydrogen) atoms. The van der Waals surface area contributed by atoms with Crippen molar-refractivity contribution in [3.8, 4) is 0 Å². The molecule has 0 aromatic heterocycles. The van der Waals surface area contributed by atoms with Gasteiger partial charge >= 0.3 is 0 Å². The number of fused-ring (bicyclic) bond motifs is 2. The van der Waals surface area contributed by atoms with E-state index < -0.39 is 23.5 Å².